The Bertz CT molecular complexity index is 762. The minimum atomic E-state index is -3.63. The predicted molar refractivity (Wildman–Crippen MR) is 107 cm³/mol. The molecule has 0 radical (unpaired) electrons. The fourth-order valence-electron chi connectivity index (χ4n) is 3.19. The number of hydrogen-bond acceptors (Lipinski definition) is 5. The van der Waals surface area contributed by atoms with Crippen molar-refractivity contribution in [1.82, 2.24) is 14.9 Å². The van der Waals surface area contributed by atoms with Crippen molar-refractivity contribution in [3.05, 3.63) is 22.7 Å². The number of sulfonamides is 1. The first kappa shape index (κ1) is 20.4. The summed E-state index contributed by atoms with van der Waals surface area (Å²) >= 11 is 3.49. The van der Waals surface area contributed by atoms with Crippen LogP contribution in [0.1, 0.15) is 12.8 Å². The van der Waals surface area contributed by atoms with Gasteiger partial charge < -0.3 is 19.9 Å². The first-order valence-corrected chi connectivity index (χ1v) is 11.4. The number of anilines is 1. The maximum absolute atomic E-state index is 12.5. The molecule has 2 fully saturated rings. The highest BCUT2D eigenvalue weighted by molar-refractivity contribution is 9.10. The minimum Gasteiger partial charge on any atom is -0.378 e. The van der Waals surface area contributed by atoms with Gasteiger partial charge in [0.2, 0.25) is 10.0 Å². The lowest BCUT2D eigenvalue weighted by molar-refractivity contribution is 0.0533. The third kappa shape index (κ3) is 5.34. The highest BCUT2D eigenvalue weighted by atomic mass is 79.9. The van der Waals surface area contributed by atoms with E-state index >= 15 is 0 Å². The van der Waals surface area contributed by atoms with Crippen LogP contribution >= 0.6 is 15.9 Å². The number of morpholine rings is 1. The number of urea groups is 1. The summed E-state index contributed by atoms with van der Waals surface area (Å²) in [5.74, 6) is 0. The molecular weight excluding hydrogens is 436 g/mol. The Morgan fingerprint density at radius 2 is 1.81 bits per heavy atom. The van der Waals surface area contributed by atoms with Crippen LogP contribution in [0.15, 0.2) is 27.6 Å². The molecule has 0 saturated carbocycles. The van der Waals surface area contributed by atoms with E-state index < -0.39 is 10.0 Å². The molecule has 0 spiro atoms. The van der Waals surface area contributed by atoms with E-state index in [1.165, 1.54) is 0 Å². The lowest BCUT2D eigenvalue weighted by atomic mass is 10.3. The number of hydrogen-bond donors (Lipinski definition) is 2. The minimum absolute atomic E-state index is 0.129. The van der Waals surface area contributed by atoms with Gasteiger partial charge >= 0.3 is 6.03 Å². The van der Waals surface area contributed by atoms with Crippen LogP contribution in [-0.4, -0.2) is 71.8 Å². The molecule has 27 heavy (non-hydrogen) atoms. The van der Waals surface area contributed by atoms with Crippen molar-refractivity contribution in [1.29, 1.82) is 0 Å². The monoisotopic (exact) mass is 460 g/mol. The number of ether oxygens (including phenoxy) is 1. The molecule has 1 aromatic rings. The highest BCUT2D eigenvalue weighted by Crippen LogP contribution is 2.31. The van der Waals surface area contributed by atoms with Crippen molar-refractivity contribution >= 4 is 37.7 Å². The van der Waals surface area contributed by atoms with Gasteiger partial charge in [-0.15, -0.1) is 0 Å². The Balaban J connectivity index is 1.50. The zero-order valence-corrected chi connectivity index (χ0v) is 17.5. The standard InChI is InChI=1S/C17H25BrN4O4S/c18-15-13-14(3-4-16(15)21-7-1-2-8-21)27(24,25)20-6-5-19-17(23)22-9-11-26-12-10-22/h3-4,13,20H,1-2,5-12H2,(H,19,23). The van der Waals surface area contributed by atoms with Crippen LogP contribution in [0.3, 0.4) is 0 Å². The van der Waals surface area contributed by atoms with E-state index in [9.17, 15) is 13.2 Å². The normalized spacial score (nSPS) is 18.0. The summed E-state index contributed by atoms with van der Waals surface area (Å²) in [6, 6.07) is 4.88. The number of carbonyl (C=O) groups excluding carboxylic acids is 1. The molecule has 0 aromatic heterocycles. The molecule has 8 nitrogen and oxygen atoms in total. The molecular formula is C17H25BrN4O4S. The third-order valence-corrected chi connectivity index (χ3v) is 6.76. The second-order valence-corrected chi connectivity index (χ2v) is 9.16. The predicted octanol–water partition coefficient (Wildman–Crippen LogP) is 1.37. The SMILES string of the molecule is O=C(NCCNS(=O)(=O)c1ccc(N2CCCC2)c(Br)c1)N1CCOCC1. The maximum atomic E-state index is 12.5. The second-order valence-electron chi connectivity index (χ2n) is 6.54. The van der Waals surface area contributed by atoms with Gasteiger partial charge in [0, 0.05) is 43.7 Å². The first-order valence-electron chi connectivity index (χ1n) is 9.12. The van der Waals surface area contributed by atoms with Gasteiger partial charge in [-0.05, 0) is 47.0 Å². The largest absolute Gasteiger partial charge is 0.378 e. The van der Waals surface area contributed by atoms with Gasteiger partial charge in [-0.3, -0.25) is 0 Å². The van der Waals surface area contributed by atoms with Crippen molar-refractivity contribution in [3.8, 4) is 0 Å². The zero-order chi connectivity index (χ0) is 19.3. The number of nitrogens with one attached hydrogen (secondary N) is 2. The van der Waals surface area contributed by atoms with E-state index in [2.05, 4.69) is 30.9 Å². The average molecular weight is 461 g/mol. The van der Waals surface area contributed by atoms with E-state index in [0.29, 0.717) is 26.3 Å². The second kappa shape index (κ2) is 9.22. The van der Waals surface area contributed by atoms with Crippen molar-refractivity contribution < 1.29 is 17.9 Å². The molecule has 2 amide bonds. The molecule has 0 atom stereocenters. The quantitative estimate of drug-likeness (QED) is 0.625. The summed E-state index contributed by atoms with van der Waals surface area (Å²) in [5.41, 5.74) is 1.02. The molecule has 0 bridgehead atoms. The average Bonchev–Trinajstić information content (AvgIpc) is 3.20. The van der Waals surface area contributed by atoms with E-state index in [1.807, 2.05) is 6.07 Å². The van der Waals surface area contributed by atoms with Crippen LogP contribution in [0.2, 0.25) is 0 Å². The van der Waals surface area contributed by atoms with E-state index in [4.69, 9.17) is 4.74 Å². The van der Waals surface area contributed by atoms with Gasteiger partial charge in [0.1, 0.15) is 0 Å². The zero-order valence-electron chi connectivity index (χ0n) is 15.1. The smallest absolute Gasteiger partial charge is 0.317 e. The van der Waals surface area contributed by atoms with E-state index in [-0.39, 0.29) is 24.0 Å². The van der Waals surface area contributed by atoms with Gasteiger partial charge in [-0.25, -0.2) is 17.9 Å². The van der Waals surface area contributed by atoms with E-state index in [1.54, 1.807) is 17.0 Å². The topological polar surface area (TPSA) is 91.0 Å². The first-order chi connectivity index (χ1) is 13.0. The van der Waals surface area contributed by atoms with Crippen molar-refractivity contribution in [2.24, 2.45) is 0 Å². The van der Waals surface area contributed by atoms with Crippen molar-refractivity contribution in [2.45, 2.75) is 17.7 Å². The molecule has 0 unspecified atom stereocenters. The molecule has 1 aromatic carbocycles. The molecule has 2 N–H and O–H groups in total. The van der Waals surface area contributed by atoms with Crippen molar-refractivity contribution in [2.75, 3.05) is 57.4 Å². The Labute approximate surface area is 168 Å². The van der Waals surface area contributed by atoms with Crippen molar-refractivity contribution in [3.63, 3.8) is 0 Å². The Morgan fingerprint density at radius 3 is 2.48 bits per heavy atom. The Kier molecular flexibility index (Phi) is 6.96. The number of carbonyl (C=O) groups is 1. The molecule has 2 saturated heterocycles. The van der Waals surface area contributed by atoms with Gasteiger partial charge in [0.15, 0.2) is 0 Å². The summed E-state index contributed by atoms with van der Waals surface area (Å²) in [6.07, 6.45) is 2.31. The lowest BCUT2D eigenvalue weighted by Crippen LogP contribution is -2.47. The summed E-state index contributed by atoms with van der Waals surface area (Å²) in [5, 5.41) is 2.72. The molecule has 2 aliphatic rings. The summed E-state index contributed by atoms with van der Waals surface area (Å²) < 4.78 is 33.5. The number of benzene rings is 1. The summed E-state index contributed by atoms with van der Waals surface area (Å²) in [6.45, 7) is 4.50. The number of rotatable bonds is 6. The van der Waals surface area contributed by atoms with Crippen LogP contribution < -0.4 is 14.9 Å². The highest BCUT2D eigenvalue weighted by Gasteiger charge is 2.20. The van der Waals surface area contributed by atoms with Crippen LogP contribution in [0, 0.1) is 0 Å². The third-order valence-electron chi connectivity index (χ3n) is 4.67. The van der Waals surface area contributed by atoms with Crippen LogP contribution in [0.5, 0.6) is 0 Å². The van der Waals surface area contributed by atoms with Gasteiger partial charge in [-0.2, -0.15) is 0 Å². The van der Waals surface area contributed by atoms with Crippen LogP contribution in [0.4, 0.5) is 10.5 Å². The Morgan fingerprint density at radius 1 is 1.11 bits per heavy atom. The molecule has 10 heteroatoms. The number of amides is 2. The molecule has 2 aliphatic heterocycles. The fourth-order valence-corrected chi connectivity index (χ4v) is 5.02. The van der Waals surface area contributed by atoms with Crippen LogP contribution in [0.25, 0.3) is 0 Å². The van der Waals surface area contributed by atoms with Crippen LogP contribution in [-0.2, 0) is 14.8 Å². The van der Waals surface area contributed by atoms with Gasteiger partial charge in [0.25, 0.3) is 0 Å². The van der Waals surface area contributed by atoms with E-state index in [0.717, 1.165) is 36.1 Å². The maximum Gasteiger partial charge on any atom is 0.317 e. The number of nitrogens with zero attached hydrogens (tertiary/aromatic N) is 2. The Hall–Kier alpha value is -1.36. The molecule has 0 aliphatic carbocycles. The molecule has 150 valence electrons. The summed E-state index contributed by atoms with van der Waals surface area (Å²) in [4.78, 5) is 16.1. The van der Waals surface area contributed by atoms with Gasteiger partial charge in [-0.1, -0.05) is 0 Å². The lowest BCUT2D eigenvalue weighted by Gasteiger charge is -2.26. The molecule has 2 heterocycles. The number of halogens is 1. The van der Waals surface area contributed by atoms with Gasteiger partial charge in [0.05, 0.1) is 23.8 Å². The summed E-state index contributed by atoms with van der Waals surface area (Å²) in [7, 11) is -3.63. The fraction of sp³-hybridized carbons (Fsp3) is 0.588. The molecule has 3 rings (SSSR count).